The zero-order valence-electron chi connectivity index (χ0n) is 14.9. The summed E-state index contributed by atoms with van der Waals surface area (Å²) in [6.07, 6.45) is 3.91. The van der Waals surface area contributed by atoms with Crippen molar-refractivity contribution < 1.29 is 14.3 Å². The summed E-state index contributed by atoms with van der Waals surface area (Å²) < 4.78 is 5.32. The maximum atomic E-state index is 12.5. The maximum Gasteiger partial charge on any atom is 0.252 e. The second kappa shape index (κ2) is 7.59. The maximum absolute atomic E-state index is 12.5. The number of amides is 2. The van der Waals surface area contributed by atoms with Gasteiger partial charge in [0.05, 0.1) is 31.0 Å². The molecule has 1 saturated heterocycles. The topological polar surface area (TPSA) is 86.8 Å². The first-order valence-electron chi connectivity index (χ1n) is 9.33. The van der Waals surface area contributed by atoms with E-state index < -0.39 is 0 Å². The monoisotopic (exact) mass is 359 g/mol. The number of nitrogens with one attached hydrogen (secondary N) is 2. The zero-order chi connectivity index (χ0) is 17.9. The summed E-state index contributed by atoms with van der Waals surface area (Å²) in [6, 6.07) is 1.78. The third kappa shape index (κ3) is 3.96. The summed E-state index contributed by atoms with van der Waals surface area (Å²) in [5, 5.41) is 5.98. The van der Waals surface area contributed by atoms with Crippen LogP contribution in [0.5, 0.6) is 0 Å². The van der Waals surface area contributed by atoms with E-state index in [0.717, 1.165) is 39.4 Å². The predicted octanol–water partition coefficient (Wildman–Crippen LogP) is 0.312. The molecule has 1 aliphatic carbocycles. The predicted molar refractivity (Wildman–Crippen MR) is 97.4 cm³/mol. The Morgan fingerprint density at radius 2 is 2.15 bits per heavy atom. The van der Waals surface area contributed by atoms with E-state index in [9.17, 15) is 9.59 Å². The molecule has 0 radical (unpaired) electrons. The second-order valence-corrected chi connectivity index (χ2v) is 7.10. The Kier molecular flexibility index (Phi) is 5.03. The lowest BCUT2D eigenvalue weighted by Gasteiger charge is -2.29. The number of anilines is 2. The zero-order valence-corrected chi connectivity index (χ0v) is 14.9. The lowest BCUT2D eigenvalue weighted by molar-refractivity contribution is -0.117. The summed E-state index contributed by atoms with van der Waals surface area (Å²) in [7, 11) is 0. The lowest BCUT2D eigenvalue weighted by atomic mass is 10.1. The van der Waals surface area contributed by atoms with Gasteiger partial charge in [-0.3, -0.25) is 14.5 Å². The van der Waals surface area contributed by atoms with Crippen LogP contribution in [0.2, 0.25) is 0 Å². The first-order chi connectivity index (χ1) is 12.7. The molecular formula is C18H25N5O3. The minimum Gasteiger partial charge on any atom is -0.379 e. The standard InChI is InChI=1S/C18H25N5O3/c24-16-11-21-17-15(23(16)12-13-1-2-13)9-14(10-20-17)18(25)19-3-4-22-5-7-26-8-6-22/h9-10,13H,1-8,11-12H2,(H,19,25)(H,20,21). The average molecular weight is 359 g/mol. The van der Waals surface area contributed by atoms with Gasteiger partial charge < -0.3 is 20.3 Å². The molecule has 2 fully saturated rings. The van der Waals surface area contributed by atoms with E-state index >= 15 is 0 Å². The number of pyridine rings is 1. The molecule has 8 nitrogen and oxygen atoms in total. The number of morpholine rings is 1. The molecule has 140 valence electrons. The number of hydrogen-bond donors (Lipinski definition) is 2. The Hall–Kier alpha value is -2.19. The van der Waals surface area contributed by atoms with Crippen LogP contribution in [0.25, 0.3) is 0 Å². The van der Waals surface area contributed by atoms with Crippen molar-refractivity contribution in [1.29, 1.82) is 0 Å². The summed E-state index contributed by atoms with van der Waals surface area (Å²) in [4.78, 5) is 33.2. The van der Waals surface area contributed by atoms with E-state index in [0.29, 0.717) is 29.5 Å². The van der Waals surface area contributed by atoms with Gasteiger partial charge in [0.2, 0.25) is 5.91 Å². The third-order valence-electron chi connectivity index (χ3n) is 5.08. The second-order valence-electron chi connectivity index (χ2n) is 7.10. The van der Waals surface area contributed by atoms with Gasteiger partial charge in [0.15, 0.2) is 0 Å². The van der Waals surface area contributed by atoms with Crippen LogP contribution in [0, 0.1) is 5.92 Å². The van der Waals surface area contributed by atoms with Crippen LogP contribution in [0.15, 0.2) is 12.3 Å². The first-order valence-corrected chi connectivity index (χ1v) is 9.33. The molecule has 0 aromatic carbocycles. The molecule has 26 heavy (non-hydrogen) atoms. The van der Waals surface area contributed by atoms with Crippen molar-refractivity contribution in [2.45, 2.75) is 12.8 Å². The molecule has 8 heteroatoms. The summed E-state index contributed by atoms with van der Waals surface area (Å²) in [6.45, 7) is 5.68. The van der Waals surface area contributed by atoms with E-state index in [2.05, 4.69) is 20.5 Å². The van der Waals surface area contributed by atoms with Crippen molar-refractivity contribution in [3.05, 3.63) is 17.8 Å². The molecule has 1 saturated carbocycles. The van der Waals surface area contributed by atoms with Crippen molar-refractivity contribution in [2.24, 2.45) is 5.92 Å². The first kappa shape index (κ1) is 17.2. The SMILES string of the molecule is O=C(NCCN1CCOCC1)c1cnc2c(c1)N(CC1CC1)C(=O)CN2. The van der Waals surface area contributed by atoms with Crippen molar-refractivity contribution in [3.8, 4) is 0 Å². The van der Waals surface area contributed by atoms with Crippen molar-refractivity contribution in [2.75, 3.05) is 62.7 Å². The number of rotatable bonds is 6. The van der Waals surface area contributed by atoms with Gasteiger partial charge in [-0.25, -0.2) is 4.98 Å². The number of fused-ring (bicyclic) bond motifs is 1. The molecule has 1 aromatic rings. The van der Waals surface area contributed by atoms with E-state index in [4.69, 9.17) is 4.74 Å². The average Bonchev–Trinajstić information content (AvgIpc) is 3.49. The number of ether oxygens (including phenoxy) is 1. The normalized spacial score (nSPS) is 20.5. The summed E-state index contributed by atoms with van der Waals surface area (Å²) >= 11 is 0. The van der Waals surface area contributed by atoms with Gasteiger partial charge >= 0.3 is 0 Å². The van der Waals surface area contributed by atoms with Gasteiger partial charge in [-0.1, -0.05) is 0 Å². The molecule has 0 bridgehead atoms. The van der Waals surface area contributed by atoms with Crippen LogP contribution in [-0.2, 0) is 9.53 Å². The minimum absolute atomic E-state index is 0.0380. The van der Waals surface area contributed by atoms with Crippen molar-refractivity contribution in [1.82, 2.24) is 15.2 Å². The van der Waals surface area contributed by atoms with Crippen molar-refractivity contribution >= 4 is 23.3 Å². The quantitative estimate of drug-likeness (QED) is 0.760. The van der Waals surface area contributed by atoms with E-state index in [-0.39, 0.29) is 18.4 Å². The van der Waals surface area contributed by atoms with Gasteiger partial charge in [0, 0.05) is 38.9 Å². The van der Waals surface area contributed by atoms with Crippen molar-refractivity contribution in [3.63, 3.8) is 0 Å². The highest BCUT2D eigenvalue weighted by atomic mass is 16.5. The molecule has 3 heterocycles. The number of hydrogen-bond acceptors (Lipinski definition) is 6. The number of carbonyl (C=O) groups is 2. The van der Waals surface area contributed by atoms with Gasteiger partial charge in [-0.05, 0) is 24.8 Å². The van der Waals surface area contributed by atoms with Crippen LogP contribution >= 0.6 is 0 Å². The van der Waals surface area contributed by atoms with Crippen LogP contribution < -0.4 is 15.5 Å². The molecule has 4 rings (SSSR count). The van der Waals surface area contributed by atoms with Crippen LogP contribution in [-0.4, -0.2) is 74.2 Å². The van der Waals surface area contributed by atoms with E-state index in [1.807, 2.05) is 0 Å². The van der Waals surface area contributed by atoms with Gasteiger partial charge in [0.1, 0.15) is 5.82 Å². The Bertz CT molecular complexity index is 685. The molecule has 2 aliphatic heterocycles. The van der Waals surface area contributed by atoms with Gasteiger partial charge in [0.25, 0.3) is 5.91 Å². The fourth-order valence-corrected chi connectivity index (χ4v) is 3.32. The third-order valence-corrected chi connectivity index (χ3v) is 5.08. The Morgan fingerprint density at radius 3 is 2.92 bits per heavy atom. The minimum atomic E-state index is -0.155. The number of carbonyl (C=O) groups excluding carboxylic acids is 2. The Balaban J connectivity index is 1.39. The number of nitrogens with zero attached hydrogens (tertiary/aromatic N) is 3. The highest BCUT2D eigenvalue weighted by Crippen LogP contribution is 2.35. The highest BCUT2D eigenvalue weighted by molar-refractivity contribution is 6.04. The molecular weight excluding hydrogens is 334 g/mol. The smallest absolute Gasteiger partial charge is 0.252 e. The molecule has 0 unspecified atom stereocenters. The summed E-state index contributed by atoms with van der Waals surface area (Å²) in [5.41, 5.74) is 1.21. The fourth-order valence-electron chi connectivity index (χ4n) is 3.32. The lowest BCUT2D eigenvalue weighted by Crippen LogP contribution is -2.42. The fraction of sp³-hybridized carbons (Fsp3) is 0.611. The molecule has 3 aliphatic rings. The molecule has 0 atom stereocenters. The van der Waals surface area contributed by atoms with Gasteiger partial charge in [-0.2, -0.15) is 0 Å². The summed E-state index contributed by atoms with van der Waals surface area (Å²) in [5.74, 6) is 1.14. The van der Waals surface area contributed by atoms with Gasteiger partial charge in [-0.15, -0.1) is 0 Å². The van der Waals surface area contributed by atoms with E-state index in [1.54, 1.807) is 17.2 Å². The van der Waals surface area contributed by atoms with E-state index in [1.165, 1.54) is 12.8 Å². The van der Waals surface area contributed by atoms with Crippen LogP contribution in [0.1, 0.15) is 23.2 Å². The molecule has 1 aromatic heterocycles. The molecule has 0 spiro atoms. The highest BCUT2D eigenvalue weighted by Gasteiger charge is 2.32. The largest absolute Gasteiger partial charge is 0.379 e. The van der Waals surface area contributed by atoms with Crippen LogP contribution in [0.4, 0.5) is 11.5 Å². The number of aromatic nitrogens is 1. The van der Waals surface area contributed by atoms with Crippen LogP contribution in [0.3, 0.4) is 0 Å². The Labute approximate surface area is 152 Å². The molecule has 2 amide bonds. The molecule has 2 N–H and O–H groups in total. The Morgan fingerprint density at radius 1 is 1.35 bits per heavy atom.